The van der Waals surface area contributed by atoms with Gasteiger partial charge in [-0.2, -0.15) is 0 Å². The lowest BCUT2D eigenvalue weighted by molar-refractivity contribution is -0.144. The molecule has 0 aliphatic rings. The summed E-state index contributed by atoms with van der Waals surface area (Å²) < 4.78 is 6.41. The molecule has 110 valence electrons. The summed E-state index contributed by atoms with van der Waals surface area (Å²) in [4.78, 5) is 25.7. The fourth-order valence-corrected chi connectivity index (χ4v) is 2.43. The minimum absolute atomic E-state index is 0.0523. The van der Waals surface area contributed by atoms with Crippen molar-refractivity contribution in [2.45, 2.75) is 26.8 Å². The summed E-state index contributed by atoms with van der Waals surface area (Å²) in [5.74, 6) is -0.609. The highest BCUT2D eigenvalue weighted by Gasteiger charge is 2.23. The van der Waals surface area contributed by atoms with Gasteiger partial charge in [-0.15, -0.1) is 0 Å². The summed E-state index contributed by atoms with van der Waals surface area (Å²) in [6, 6.07) is 5.26. The molecule has 0 bridgehead atoms. The lowest BCUT2D eigenvalue weighted by Crippen LogP contribution is -2.41. The second-order valence-corrected chi connectivity index (χ2v) is 6.23. The number of rotatable bonds is 5. The predicted molar refractivity (Wildman–Crippen MR) is 84.6 cm³/mol. The van der Waals surface area contributed by atoms with Crippen LogP contribution < -0.4 is 0 Å². The van der Waals surface area contributed by atoms with Crippen molar-refractivity contribution in [3.05, 3.63) is 32.7 Å². The van der Waals surface area contributed by atoms with E-state index in [1.54, 1.807) is 19.1 Å². The van der Waals surface area contributed by atoms with Crippen LogP contribution in [0.2, 0.25) is 0 Å². The summed E-state index contributed by atoms with van der Waals surface area (Å²) >= 11 is 6.70. The molecular formula is C14H17Br2NO3. The molecule has 0 spiro atoms. The van der Waals surface area contributed by atoms with Crippen molar-refractivity contribution in [3.63, 3.8) is 0 Å². The molecule has 0 aromatic heterocycles. The van der Waals surface area contributed by atoms with Gasteiger partial charge in [0.2, 0.25) is 0 Å². The van der Waals surface area contributed by atoms with Crippen LogP contribution in [0.15, 0.2) is 27.1 Å². The van der Waals surface area contributed by atoms with Gasteiger partial charge in [0, 0.05) is 15.0 Å². The van der Waals surface area contributed by atoms with E-state index >= 15 is 0 Å². The molecule has 1 aromatic rings. The number of hydrogen-bond donors (Lipinski definition) is 0. The van der Waals surface area contributed by atoms with E-state index in [1.807, 2.05) is 19.9 Å². The first-order chi connectivity index (χ1) is 9.36. The quantitative estimate of drug-likeness (QED) is 0.701. The molecule has 0 saturated carbocycles. The van der Waals surface area contributed by atoms with Crippen LogP contribution in [-0.2, 0) is 9.53 Å². The van der Waals surface area contributed by atoms with Crippen LogP contribution in [0.3, 0.4) is 0 Å². The summed E-state index contributed by atoms with van der Waals surface area (Å²) in [5, 5.41) is 0. The number of halogens is 2. The highest BCUT2D eigenvalue weighted by molar-refractivity contribution is 9.11. The zero-order chi connectivity index (χ0) is 15.3. The fourth-order valence-electron chi connectivity index (χ4n) is 1.65. The van der Waals surface area contributed by atoms with Gasteiger partial charge in [-0.25, -0.2) is 0 Å². The molecule has 0 heterocycles. The predicted octanol–water partition coefficient (Wildman–Crippen LogP) is 3.63. The Bertz CT molecular complexity index is 503. The maximum absolute atomic E-state index is 12.6. The van der Waals surface area contributed by atoms with E-state index in [4.69, 9.17) is 4.74 Å². The minimum Gasteiger partial charge on any atom is -0.465 e. The fraction of sp³-hybridized carbons (Fsp3) is 0.429. The average molecular weight is 407 g/mol. The normalized spacial score (nSPS) is 10.5. The Morgan fingerprint density at radius 2 is 1.95 bits per heavy atom. The molecule has 1 amide bonds. The standard InChI is InChI=1S/C14H17Br2NO3/c1-4-20-13(18)8-17(9(2)3)14(19)11-7-10(15)5-6-12(11)16/h5-7,9H,4,8H2,1-3H3. The highest BCUT2D eigenvalue weighted by Crippen LogP contribution is 2.23. The summed E-state index contributed by atoms with van der Waals surface area (Å²) in [6.07, 6.45) is 0. The maximum Gasteiger partial charge on any atom is 0.325 e. The van der Waals surface area contributed by atoms with Crippen molar-refractivity contribution < 1.29 is 14.3 Å². The van der Waals surface area contributed by atoms with E-state index in [9.17, 15) is 9.59 Å². The van der Waals surface area contributed by atoms with Gasteiger partial charge in [0.25, 0.3) is 5.91 Å². The van der Waals surface area contributed by atoms with Gasteiger partial charge in [-0.05, 0) is 54.9 Å². The Labute approximate surface area is 135 Å². The van der Waals surface area contributed by atoms with E-state index in [2.05, 4.69) is 31.9 Å². The monoisotopic (exact) mass is 405 g/mol. The summed E-state index contributed by atoms with van der Waals surface area (Å²) in [7, 11) is 0. The molecule has 0 N–H and O–H groups in total. The molecule has 0 unspecified atom stereocenters. The third-order valence-corrected chi connectivity index (χ3v) is 3.83. The Morgan fingerprint density at radius 1 is 1.30 bits per heavy atom. The van der Waals surface area contributed by atoms with Gasteiger partial charge in [-0.3, -0.25) is 9.59 Å². The van der Waals surface area contributed by atoms with Crippen molar-refractivity contribution in [1.82, 2.24) is 4.90 Å². The number of esters is 1. The van der Waals surface area contributed by atoms with Crippen LogP contribution in [0.1, 0.15) is 31.1 Å². The smallest absolute Gasteiger partial charge is 0.325 e. The highest BCUT2D eigenvalue weighted by atomic mass is 79.9. The lowest BCUT2D eigenvalue weighted by Gasteiger charge is -2.26. The van der Waals surface area contributed by atoms with Gasteiger partial charge in [0.1, 0.15) is 6.54 Å². The number of amides is 1. The summed E-state index contributed by atoms with van der Waals surface area (Å²) in [6.45, 7) is 5.72. The molecule has 0 saturated heterocycles. The van der Waals surface area contributed by atoms with Crippen LogP contribution in [0, 0.1) is 0 Å². The molecule has 6 heteroatoms. The Balaban J connectivity index is 2.99. The number of hydrogen-bond acceptors (Lipinski definition) is 3. The Hall–Kier alpha value is -0.880. The molecular weight excluding hydrogens is 390 g/mol. The number of ether oxygens (including phenoxy) is 1. The zero-order valence-electron chi connectivity index (χ0n) is 11.7. The van der Waals surface area contributed by atoms with E-state index in [0.29, 0.717) is 16.6 Å². The molecule has 0 fully saturated rings. The molecule has 1 aromatic carbocycles. The Morgan fingerprint density at radius 3 is 2.50 bits per heavy atom. The van der Waals surface area contributed by atoms with Crippen molar-refractivity contribution in [2.75, 3.05) is 13.2 Å². The third-order valence-electron chi connectivity index (χ3n) is 2.65. The maximum atomic E-state index is 12.6. The first kappa shape index (κ1) is 17.2. The first-order valence-corrected chi connectivity index (χ1v) is 7.87. The van der Waals surface area contributed by atoms with Crippen LogP contribution in [0.4, 0.5) is 0 Å². The van der Waals surface area contributed by atoms with Gasteiger partial charge >= 0.3 is 5.97 Å². The second kappa shape index (κ2) is 7.78. The minimum atomic E-state index is -0.402. The SMILES string of the molecule is CCOC(=O)CN(C(=O)c1cc(Br)ccc1Br)C(C)C. The number of nitrogens with zero attached hydrogens (tertiary/aromatic N) is 1. The number of benzene rings is 1. The molecule has 0 radical (unpaired) electrons. The Kier molecular flexibility index (Phi) is 6.68. The van der Waals surface area contributed by atoms with E-state index < -0.39 is 5.97 Å². The van der Waals surface area contributed by atoms with Gasteiger partial charge in [-0.1, -0.05) is 15.9 Å². The molecule has 0 aliphatic carbocycles. The van der Waals surface area contributed by atoms with Crippen LogP contribution >= 0.6 is 31.9 Å². The molecule has 0 aliphatic heterocycles. The molecule has 20 heavy (non-hydrogen) atoms. The molecule has 0 atom stereocenters. The first-order valence-electron chi connectivity index (χ1n) is 6.28. The van der Waals surface area contributed by atoms with E-state index in [0.717, 1.165) is 4.47 Å². The summed E-state index contributed by atoms with van der Waals surface area (Å²) in [5.41, 5.74) is 0.511. The van der Waals surface area contributed by atoms with E-state index in [-0.39, 0.29) is 18.5 Å². The third kappa shape index (κ3) is 4.59. The molecule has 1 rings (SSSR count). The molecule has 4 nitrogen and oxygen atoms in total. The van der Waals surface area contributed by atoms with Crippen LogP contribution in [-0.4, -0.2) is 36.0 Å². The van der Waals surface area contributed by atoms with Crippen LogP contribution in [0.25, 0.3) is 0 Å². The van der Waals surface area contributed by atoms with Gasteiger partial charge in [0.05, 0.1) is 12.2 Å². The lowest BCUT2D eigenvalue weighted by atomic mass is 10.1. The van der Waals surface area contributed by atoms with Gasteiger partial charge < -0.3 is 9.64 Å². The van der Waals surface area contributed by atoms with Crippen molar-refractivity contribution in [3.8, 4) is 0 Å². The largest absolute Gasteiger partial charge is 0.465 e. The topological polar surface area (TPSA) is 46.6 Å². The van der Waals surface area contributed by atoms with Crippen LogP contribution in [0.5, 0.6) is 0 Å². The van der Waals surface area contributed by atoms with Crippen molar-refractivity contribution in [2.24, 2.45) is 0 Å². The number of carbonyl (C=O) groups excluding carboxylic acids is 2. The zero-order valence-corrected chi connectivity index (χ0v) is 14.8. The van der Waals surface area contributed by atoms with Crippen molar-refractivity contribution >= 4 is 43.7 Å². The van der Waals surface area contributed by atoms with Crippen molar-refractivity contribution in [1.29, 1.82) is 0 Å². The average Bonchev–Trinajstić information content (AvgIpc) is 2.38. The number of carbonyl (C=O) groups is 2. The van der Waals surface area contributed by atoms with Gasteiger partial charge in [0.15, 0.2) is 0 Å². The van der Waals surface area contributed by atoms with E-state index in [1.165, 1.54) is 4.90 Å². The second-order valence-electron chi connectivity index (χ2n) is 4.46.